The fraction of sp³-hybridized carbons (Fsp3) is 0.364. The summed E-state index contributed by atoms with van der Waals surface area (Å²) in [5.74, 6) is 0.607. The summed E-state index contributed by atoms with van der Waals surface area (Å²) < 4.78 is 24.2. The molecule has 19 heavy (non-hydrogen) atoms. The van der Waals surface area contributed by atoms with E-state index in [0.717, 1.165) is 12.0 Å². The molecule has 2 aromatic rings. The molecule has 0 amide bonds. The Bertz CT molecular complexity index is 651. The van der Waals surface area contributed by atoms with Gasteiger partial charge in [0, 0.05) is 25.4 Å². The lowest BCUT2D eigenvalue weighted by Crippen LogP contribution is -2.19. The maximum Gasteiger partial charge on any atom is 0.273 e. The average Bonchev–Trinajstić information content (AvgIpc) is 2.80. The lowest BCUT2D eigenvalue weighted by molar-refractivity contribution is 0.563. The highest BCUT2D eigenvalue weighted by Gasteiger charge is 2.19. The molecule has 2 heterocycles. The van der Waals surface area contributed by atoms with E-state index in [2.05, 4.69) is 15.2 Å². The van der Waals surface area contributed by atoms with E-state index in [1.165, 1.54) is 4.57 Å². The van der Waals surface area contributed by atoms with Gasteiger partial charge in [0.25, 0.3) is 15.2 Å². The molecule has 0 aliphatic rings. The number of hydrogen-bond donors (Lipinski definition) is 1. The molecule has 102 valence electrons. The largest absolute Gasteiger partial charge is 0.301 e. The third-order valence-corrected chi connectivity index (χ3v) is 3.54. The van der Waals surface area contributed by atoms with Gasteiger partial charge in [0.05, 0.1) is 0 Å². The summed E-state index contributed by atoms with van der Waals surface area (Å²) in [5, 5.41) is 12.5. The Balaban J connectivity index is 2.20. The first-order valence-electron chi connectivity index (χ1n) is 5.86. The van der Waals surface area contributed by atoms with Gasteiger partial charge in [-0.05, 0) is 25.0 Å². The summed E-state index contributed by atoms with van der Waals surface area (Å²) in [6.07, 6.45) is 4.78. The topological polar surface area (TPSA) is 104 Å². The van der Waals surface area contributed by atoms with Gasteiger partial charge in [-0.15, -0.1) is 10.2 Å². The highest BCUT2D eigenvalue weighted by atomic mass is 32.2. The van der Waals surface area contributed by atoms with Gasteiger partial charge in [-0.25, -0.2) is 13.6 Å². The van der Waals surface area contributed by atoms with Gasteiger partial charge < -0.3 is 4.57 Å². The normalized spacial score (nSPS) is 11.7. The van der Waals surface area contributed by atoms with Crippen molar-refractivity contribution in [3.63, 3.8) is 0 Å². The summed E-state index contributed by atoms with van der Waals surface area (Å²) in [6, 6.07) is 3.82. The third kappa shape index (κ3) is 3.15. The van der Waals surface area contributed by atoms with Crippen LogP contribution in [0.2, 0.25) is 0 Å². The fourth-order valence-electron chi connectivity index (χ4n) is 1.83. The fourth-order valence-corrected chi connectivity index (χ4v) is 2.53. The van der Waals surface area contributed by atoms with E-state index in [1.807, 2.05) is 19.1 Å². The van der Waals surface area contributed by atoms with Crippen molar-refractivity contribution in [2.45, 2.75) is 31.5 Å². The first-order chi connectivity index (χ1) is 9.02. The van der Waals surface area contributed by atoms with Gasteiger partial charge in [-0.3, -0.25) is 4.98 Å². The van der Waals surface area contributed by atoms with E-state index in [0.29, 0.717) is 18.8 Å². The highest BCUT2D eigenvalue weighted by Crippen LogP contribution is 2.10. The van der Waals surface area contributed by atoms with Crippen LogP contribution in [0.5, 0.6) is 0 Å². The number of hydrogen-bond acceptors (Lipinski definition) is 5. The van der Waals surface area contributed by atoms with Crippen LogP contribution in [0.1, 0.15) is 18.3 Å². The third-order valence-electron chi connectivity index (χ3n) is 2.72. The first-order valence-corrected chi connectivity index (χ1v) is 7.40. The second kappa shape index (κ2) is 5.45. The second-order valence-electron chi connectivity index (χ2n) is 4.05. The molecule has 0 spiro atoms. The quantitative estimate of drug-likeness (QED) is 0.838. The van der Waals surface area contributed by atoms with Crippen molar-refractivity contribution in [3.05, 3.63) is 35.9 Å². The molecular formula is C11H15N5O2S. The van der Waals surface area contributed by atoms with Crippen LogP contribution in [-0.4, -0.2) is 28.2 Å². The Morgan fingerprint density at radius 2 is 2.11 bits per heavy atom. The van der Waals surface area contributed by atoms with Crippen molar-refractivity contribution in [1.29, 1.82) is 0 Å². The number of aromatic nitrogens is 4. The second-order valence-corrected chi connectivity index (χ2v) is 5.50. The smallest absolute Gasteiger partial charge is 0.273 e. The van der Waals surface area contributed by atoms with Crippen LogP contribution in [0.25, 0.3) is 0 Å². The van der Waals surface area contributed by atoms with Gasteiger partial charge in [0.2, 0.25) is 0 Å². The minimum absolute atomic E-state index is 0.184. The van der Waals surface area contributed by atoms with Gasteiger partial charge >= 0.3 is 0 Å². The van der Waals surface area contributed by atoms with E-state index < -0.39 is 10.0 Å². The Morgan fingerprint density at radius 1 is 1.32 bits per heavy atom. The molecule has 2 N–H and O–H groups in total. The van der Waals surface area contributed by atoms with E-state index in [1.54, 1.807) is 12.4 Å². The molecule has 2 rings (SSSR count). The van der Waals surface area contributed by atoms with Crippen LogP contribution in [0.15, 0.2) is 29.7 Å². The number of sulfonamides is 1. The summed E-state index contributed by atoms with van der Waals surface area (Å²) in [5.41, 5.74) is 1.06. The number of primary sulfonamides is 1. The van der Waals surface area contributed by atoms with Crippen LogP contribution in [-0.2, 0) is 29.4 Å². The average molecular weight is 281 g/mol. The number of rotatable bonds is 5. The maximum absolute atomic E-state index is 11.3. The molecular weight excluding hydrogens is 266 g/mol. The van der Waals surface area contributed by atoms with E-state index in [9.17, 15) is 8.42 Å². The first kappa shape index (κ1) is 13.6. The van der Waals surface area contributed by atoms with Gasteiger partial charge in [0.15, 0.2) is 0 Å². The van der Waals surface area contributed by atoms with Gasteiger partial charge in [-0.2, -0.15) is 0 Å². The van der Waals surface area contributed by atoms with Crippen LogP contribution >= 0.6 is 0 Å². The van der Waals surface area contributed by atoms with E-state index in [-0.39, 0.29) is 5.16 Å². The molecule has 0 fully saturated rings. The van der Waals surface area contributed by atoms with E-state index in [4.69, 9.17) is 5.14 Å². The molecule has 8 heteroatoms. The zero-order valence-electron chi connectivity index (χ0n) is 10.5. The summed E-state index contributed by atoms with van der Waals surface area (Å²) in [7, 11) is -3.83. The van der Waals surface area contributed by atoms with Crippen molar-refractivity contribution in [3.8, 4) is 0 Å². The number of nitrogens with zero attached hydrogens (tertiary/aromatic N) is 4. The molecule has 0 unspecified atom stereocenters. The standard InChI is InChI=1S/C11H15N5O2S/c1-2-16-10(14-15-11(16)19(12,17)18)6-5-9-4-3-7-13-8-9/h3-4,7-8H,2,5-6H2,1H3,(H2,12,17,18). The monoisotopic (exact) mass is 281 g/mol. The number of aryl methyl sites for hydroxylation is 2. The van der Waals surface area contributed by atoms with Crippen LogP contribution in [0, 0.1) is 0 Å². The maximum atomic E-state index is 11.3. The van der Waals surface area contributed by atoms with Crippen molar-refractivity contribution in [2.75, 3.05) is 0 Å². The summed E-state index contributed by atoms with van der Waals surface area (Å²) >= 11 is 0. The molecule has 0 aliphatic heterocycles. The molecule has 0 saturated carbocycles. The minimum atomic E-state index is -3.83. The van der Waals surface area contributed by atoms with Gasteiger partial charge in [0.1, 0.15) is 5.82 Å². The molecule has 0 saturated heterocycles. The Hall–Kier alpha value is -1.80. The van der Waals surface area contributed by atoms with Crippen molar-refractivity contribution in [1.82, 2.24) is 19.7 Å². The van der Waals surface area contributed by atoms with Gasteiger partial charge in [-0.1, -0.05) is 6.07 Å². The van der Waals surface area contributed by atoms with Crippen LogP contribution in [0.4, 0.5) is 0 Å². The lowest BCUT2D eigenvalue weighted by Gasteiger charge is -2.05. The van der Waals surface area contributed by atoms with Crippen molar-refractivity contribution < 1.29 is 8.42 Å². The molecule has 0 bridgehead atoms. The lowest BCUT2D eigenvalue weighted by atomic mass is 10.1. The SMILES string of the molecule is CCn1c(CCc2cccnc2)nnc1S(N)(=O)=O. The molecule has 0 aliphatic carbocycles. The number of pyridine rings is 1. The van der Waals surface area contributed by atoms with Crippen LogP contribution < -0.4 is 5.14 Å². The molecule has 0 radical (unpaired) electrons. The molecule has 7 nitrogen and oxygen atoms in total. The Morgan fingerprint density at radius 3 is 2.68 bits per heavy atom. The zero-order valence-corrected chi connectivity index (χ0v) is 11.3. The predicted molar refractivity (Wildman–Crippen MR) is 68.7 cm³/mol. The molecule has 0 atom stereocenters. The highest BCUT2D eigenvalue weighted by molar-refractivity contribution is 7.89. The minimum Gasteiger partial charge on any atom is -0.301 e. The summed E-state index contributed by atoms with van der Waals surface area (Å²) in [6.45, 7) is 2.28. The number of nitrogens with two attached hydrogens (primary N) is 1. The summed E-state index contributed by atoms with van der Waals surface area (Å²) in [4.78, 5) is 4.03. The Kier molecular flexibility index (Phi) is 3.91. The van der Waals surface area contributed by atoms with Crippen molar-refractivity contribution in [2.24, 2.45) is 5.14 Å². The van der Waals surface area contributed by atoms with Crippen LogP contribution in [0.3, 0.4) is 0 Å². The zero-order chi connectivity index (χ0) is 13.9. The van der Waals surface area contributed by atoms with E-state index >= 15 is 0 Å². The van der Waals surface area contributed by atoms with Crippen molar-refractivity contribution >= 4 is 10.0 Å². The molecule has 2 aromatic heterocycles. The predicted octanol–water partition coefficient (Wildman–Crippen LogP) is 0.126. The molecule has 0 aromatic carbocycles. The Labute approximate surface area is 111 Å².